The van der Waals surface area contributed by atoms with Gasteiger partial charge in [0.1, 0.15) is 0 Å². The first kappa shape index (κ1) is 9.71. The van der Waals surface area contributed by atoms with E-state index in [2.05, 4.69) is 24.0 Å². The topological polar surface area (TPSA) is 38.9 Å². The molecular weight excluding hydrogens is 184 g/mol. The normalized spacial score (nSPS) is 10.2. The molecule has 1 heterocycles. The van der Waals surface area contributed by atoms with Gasteiger partial charge in [0.25, 0.3) is 0 Å². The second-order valence-electron chi connectivity index (χ2n) is 3.64. The Labute approximate surface area is 89.8 Å². The van der Waals surface area contributed by atoms with Crippen LogP contribution in [0.2, 0.25) is 0 Å². The van der Waals surface area contributed by atoms with Crippen molar-refractivity contribution in [3.05, 3.63) is 59.4 Å². The van der Waals surface area contributed by atoms with E-state index in [1.807, 2.05) is 24.3 Å². The molecule has 1 aromatic carbocycles. The Hall–Kier alpha value is -1.83. The number of pyridine rings is 1. The molecule has 2 aromatic rings. The number of nitrogens with two attached hydrogens (primary N) is 1. The summed E-state index contributed by atoms with van der Waals surface area (Å²) >= 11 is 0. The minimum absolute atomic E-state index is 0.765. The van der Waals surface area contributed by atoms with Crippen molar-refractivity contribution in [1.82, 2.24) is 4.98 Å². The van der Waals surface area contributed by atoms with E-state index in [1.165, 1.54) is 11.1 Å². The minimum Gasteiger partial charge on any atom is -0.397 e. The summed E-state index contributed by atoms with van der Waals surface area (Å²) in [5.41, 5.74) is 10.1. The highest BCUT2D eigenvalue weighted by Gasteiger charge is 2.03. The van der Waals surface area contributed by atoms with Crippen LogP contribution in [0.25, 0.3) is 0 Å². The monoisotopic (exact) mass is 198 g/mol. The van der Waals surface area contributed by atoms with Crippen LogP contribution in [-0.4, -0.2) is 4.98 Å². The van der Waals surface area contributed by atoms with Gasteiger partial charge in [-0.2, -0.15) is 0 Å². The largest absolute Gasteiger partial charge is 0.397 e. The summed E-state index contributed by atoms with van der Waals surface area (Å²) in [7, 11) is 0. The summed E-state index contributed by atoms with van der Waals surface area (Å²) in [4.78, 5) is 4.29. The third-order valence-electron chi connectivity index (χ3n) is 2.54. The number of nitrogen functional groups attached to an aromatic ring is 1. The molecule has 0 saturated carbocycles. The zero-order valence-corrected chi connectivity index (χ0v) is 8.77. The van der Waals surface area contributed by atoms with Gasteiger partial charge >= 0.3 is 0 Å². The van der Waals surface area contributed by atoms with Gasteiger partial charge in [-0.25, -0.2) is 0 Å². The van der Waals surface area contributed by atoms with Crippen LogP contribution in [-0.2, 0) is 6.42 Å². The Morgan fingerprint density at radius 1 is 1.13 bits per heavy atom. The van der Waals surface area contributed by atoms with Gasteiger partial charge in [-0.1, -0.05) is 24.3 Å². The van der Waals surface area contributed by atoms with Crippen molar-refractivity contribution in [3.8, 4) is 0 Å². The third-order valence-corrected chi connectivity index (χ3v) is 2.54. The minimum atomic E-state index is 0.765. The fourth-order valence-electron chi connectivity index (χ4n) is 1.59. The summed E-state index contributed by atoms with van der Waals surface area (Å²) in [6, 6.07) is 12.1. The Morgan fingerprint density at radius 2 is 1.93 bits per heavy atom. The maximum atomic E-state index is 5.86. The van der Waals surface area contributed by atoms with E-state index in [-0.39, 0.29) is 0 Å². The molecule has 2 heteroatoms. The van der Waals surface area contributed by atoms with E-state index < -0.39 is 0 Å². The predicted octanol–water partition coefficient (Wildman–Crippen LogP) is 2.56. The lowest BCUT2D eigenvalue weighted by Crippen LogP contribution is -1.99. The summed E-state index contributed by atoms with van der Waals surface area (Å²) in [5, 5.41) is 0. The second kappa shape index (κ2) is 4.13. The maximum Gasteiger partial charge on any atom is 0.0676 e. The van der Waals surface area contributed by atoms with Crippen LogP contribution >= 0.6 is 0 Å². The first-order chi connectivity index (χ1) is 7.27. The lowest BCUT2D eigenvalue weighted by atomic mass is 10.0. The molecular formula is C13H14N2. The Balaban J connectivity index is 2.30. The number of anilines is 1. The van der Waals surface area contributed by atoms with Gasteiger partial charge in [0, 0.05) is 12.6 Å². The van der Waals surface area contributed by atoms with Crippen LogP contribution in [0.3, 0.4) is 0 Å². The van der Waals surface area contributed by atoms with Crippen molar-refractivity contribution in [2.24, 2.45) is 0 Å². The SMILES string of the molecule is Cc1ccccc1Cc1ncccc1N. The number of benzene rings is 1. The molecule has 0 amide bonds. The molecule has 0 unspecified atom stereocenters. The predicted molar refractivity (Wildman–Crippen MR) is 62.6 cm³/mol. The average molecular weight is 198 g/mol. The van der Waals surface area contributed by atoms with E-state index in [0.29, 0.717) is 0 Å². The molecule has 0 aliphatic rings. The van der Waals surface area contributed by atoms with Crippen LogP contribution in [0.1, 0.15) is 16.8 Å². The number of aromatic nitrogens is 1. The van der Waals surface area contributed by atoms with Crippen LogP contribution in [0.15, 0.2) is 42.6 Å². The molecule has 0 saturated heterocycles. The molecule has 0 spiro atoms. The zero-order valence-electron chi connectivity index (χ0n) is 8.77. The fourth-order valence-corrected chi connectivity index (χ4v) is 1.59. The van der Waals surface area contributed by atoms with Gasteiger partial charge in [-0.3, -0.25) is 4.98 Å². The van der Waals surface area contributed by atoms with Gasteiger partial charge in [-0.05, 0) is 30.2 Å². The van der Waals surface area contributed by atoms with Crippen molar-refractivity contribution in [2.45, 2.75) is 13.3 Å². The molecule has 0 bridgehead atoms. The molecule has 0 radical (unpaired) electrons. The highest BCUT2D eigenvalue weighted by Crippen LogP contribution is 2.15. The van der Waals surface area contributed by atoms with Crippen molar-refractivity contribution < 1.29 is 0 Å². The highest BCUT2D eigenvalue weighted by molar-refractivity contribution is 5.45. The lowest BCUT2D eigenvalue weighted by Gasteiger charge is -2.06. The quantitative estimate of drug-likeness (QED) is 0.805. The van der Waals surface area contributed by atoms with Crippen LogP contribution < -0.4 is 5.73 Å². The molecule has 0 aliphatic carbocycles. The molecule has 1 aromatic heterocycles. The van der Waals surface area contributed by atoms with Gasteiger partial charge in [-0.15, -0.1) is 0 Å². The molecule has 0 atom stereocenters. The number of rotatable bonds is 2. The summed E-state index contributed by atoms with van der Waals surface area (Å²) in [5.74, 6) is 0. The summed E-state index contributed by atoms with van der Waals surface area (Å²) in [6.45, 7) is 2.11. The maximum absolute atomic E-state index is 5.86. The summed E-state index contributed by atoms with van der Waals surface area (Å²) in [6.07, 6.45) is 2.59. The van der Waals surface area contributed by atoms with Crippen LogP contribution in [0, 0.1) is 6.92 Å². The molecule has 76 valence electrons. The molecule has 2 N–H and O–H groups in total. The van der Waals surface area contributed by atoms with Crippen molar-refractivity contribution in [2.75, 3.05) is 5.73 Å². The standard InChI is InChI=1S/C13H14N2/c1-10-5-2-3-6-11(10)9-13-12(14)7-4-8-15-13/h2-8H,9,14H2,1H3. The van der Waals surface area contributed by atoms with E-state index in [0.717, 1.165) is 17.8 Å². The first-order valence-electron chi connectivity index (χ1n) is 5.01. The average Bonchev–Trinajstić information content (AvgIpc) is 2.24. The lowest BCUT2D eigenvalue weighted by molar-refractivity contribution is 1.06. The van der Waals surface area contributed by atoms with Crippen molar-refractivity contribution >= 4 is 5.69 Å². The Morgan fingerprint density at radius 3 is 2.67 bits per heavy atom. The fraction of sp³-hybridized carbons (Fsp3) is 0.154. The molecule has 0 aliphatic heterocycles. The van der Waals surface area contributed by atoms with Gasteiger partial charge in [0.15, 0.2) is 0 Å². The van der Waals surface area contributed by atoms with Crippen LogP contribution in [0.5, 0.6) is 0 Å². The second-order valence-corrected chi connectivity index (χ2v) is 3.64. The number of aryl methyl sites for hydroxylation is 1. The van der Waals surface area contributed by atoms with E-state index in [1.54, 1.807) is 6.20 Å². The molecule has 15 heavy (non-hydrogen) atoms. The van der Waals surface area contributed by atoms with E-state index in [4.69, 9.17) is 5.73 Å². The molecule has 2 nitrogen and oxygen atoms in total. The Kier molecular flexibility index (Phi) is 2.68. The zero-order chi connectivity index (χ0) is 10.7. The molecule has 0 fully saturated rings. The first-order valence-corrected chi connectivity index (χ1v) is 5.01. The highest BCUT2D eigenvalue weighted by atomic mass is 14.7. The van der Waals surface area contributed by atoms with Crippen LogP contribution in [0.4, 0.5) is 5.69 Å². The van der Waals surface area contributed by atoms with Gasteiger partial charge in [0.2, 0.25) is 0 Å². The molecule has 2 rings (SSSR count). The van der Waals surface area contributed by atoms with Gasteiger partial charge < -0.3 is 5.73 Å². The van der Waals surface area contributed by atoms with E-state index >= 15 is 0 Å². The Bertz CT molecular complexity index is 420. The smallest absolute Gasteiger partial charge is 0.0676 e. The number of nitrogens with zero attached hydrogens (tertiary/aromatic N) is 1. The third kappa shape index (κ3) is 2.15. The van der Waals surface area contributed by atoms with Gasteiger partial charge in [0.05, 0.1) is 11.4 Å². The number of hydrogen-bond donors (Lipinski definition) is 1. The van der Waals surface area contributed by atoms with Crippen molar-refractivity contribution in [3.63, 3.8) is 0 Å². The number of hydrogen-bond acceptors (Lipinski definition) is 2. The summed E-state index contributed by atoms with van der Waals surface area (Å²) < 4.78 is 0. The van der Waals surface area contributed by atoms with E-state index in [9.17, 15) is 0 Å². The van der Waals surface area contributed by atoms with Crippen molar-refractivity contribution in [1.29, 1.82) is 0 Å².